The maximum Gasteiger partial charge on any atom is 0.201 e. The number of hydrogen-bond acceptors (Lipinski definition) is 4. The molecule has 0 spiro atoms. The average Bonchev–Trinajstić information content (AvgIpc) is 2.97. The Morgan fingerprint density at radius 2 is 1.39 bits per heavy atom. The maximum absolute atomic E-state index is 13.5. The van der Waals surface area contributed by atoms with Crippen LogP contribution >= 0.6 is 0 Å². The monoisotopic (exact) mass is 364 g/mol. The Bertz CT molecular complexity index is 1200. The van der Waals surface area contributed by atoms with Crippen LogP contribution < -0.4 is 5.32 Å². The minimum Gasteiger partial charge on any atom is -0.362 e. The number of rotatable bonds is 3. The molecule has 0 saturated heterocycles. The van der Waals surface area contributed by atoms with Crippen LogP contribution in [0.25, 0.3) is 10.9 Å². The molecule has 5 rings (SSSR count). The van der Waals surface area contributed by atoms with Crippen LogP contribution in [-0.4, -0.2) is 16.6 Å². The fourth-order valence-electron chi connectivity index (χ4n) is 3.88. The summed E-state index contributed by atoms with van der Waals surface area (Å²) in [5.41, 5.74) is 1.51. The number of anilines is 1. The van der Waals surface area contributed by atoms with E-state index in [2.05, 4.69) is 10.3 Å². The smallest absolute Gasteiger partial charge is 0.201 e. The van der Waals surface area contributed by atoms with Crippen molar-refractivity contribution in [1.82, 2.24) is 4.98 Å². The molecular formula is C24H16N2O2. The Morgan fingerprint density at radius 3 is 2.11 bits per heavy atom. The normalized spacial score (nSPS) is 14.9. The second-order valence-electron chi connectivity index (χ2n) is 6.86. The van der Waals surface area contributed by atoms with Gasteiger partial charge in [0.2, 0.25) is 11.6 Å². The van der Waals surface area contributed by atoms with Crippen LogP contribution in [0, 0.1) is 0 Å². The molecule has 4 nitrogen and oxygen atoms in total. The number of carbonyl (C=O) groups excluding carboxylic acids is 2. The third-order valence-electron chi connectivity index (χ3n) is 5.24. The molecule has 1 aromatic heterocycles. The fourth-order valence-corrected chi connectivity index (χ4v) is 3.88. The zero-order valence-corrected chi connectivity index (χ0v) is 14.9. The summed E-state index contributed by atoms with van der Waals surface area (Å²) in [5, 5.41) is 4.26. The van der Waals surface area contributed by atoms with E-state index >= 15 is 0 Å². The Hall–Kier alpha value is -3.79. The topological polar surface area (TPSA) is 59.1 Å². The van der Waals surface area contributed by atoms with E-state index in [1.165, 1.54) is 0 Å². The molecule has 1 heterocycles. The molecule has 3 aromatic carbocycles. The SMILES string of the molecule is O=C1c2ccccc2C(=O)C1(Nc1ccc2cccnc2c1)c1ccccc1. The predicted molar refractivity (Wildman–Crippen MR) is 109 cm³/mol. The molecule has 0 fully saturated rings. The standard InChI is InChI=1S/C24H16N2O2/c27-22-19-10-4-5-11-20(19)23(28)24(22,17-8-2-1-3-9-17)26-18-13-12-16-7-6-14-25-21(16)15-18/h1-15,26H. The summed E-state index contributed by atoms with van der Waals surface area (Å²) in [6.45, 7) is 0. The Labute approximate surface area is 161 Å². The van der Waals surface area contributed by atoms with E-state index in [1.807, 2.05) is 60.7 Å². The Kier molecular flexibility index (Phi) is 3.59. The zero-order valence-electron chi connectivity index (χ0n) is 14.9. The van der Waals surface area contributed by atoms with Crippen LogP contribution in [0.3, 0.4) is 0 Å². The first-order valence-corrected chi connectivity index (χ1v) is 9.07. The Morgan fingerprint density at radius 1 is 0.714 bits per heavy atom. The van der Waals surface area contributed by atoms with Crippen molar-refractivity contribution in [2.24, 2.45) is 0 Å². The van der Waals surface area contributed by atoms with Crippen molar-refractivity contribution in [3.05, 3.63) is 108 Å². The minimum absolute atomic E-state index is 0.236. The highest BCUT2D eigenvalue weighted by atomic mass is 16.2. The third-order valence-corrected chi connectivity index (χ3v) is 5.24. The van der Waals surface area contributed by atoms with Gasteiger partial charge in [-0.1, -0.05) is 66.7 Å². The molecule has 0 atom stereocenters. The number of aromatic nitrogens is 1. The number of benzene rings is 3. The molecule has 0 aliphatic heterocycles. The van der Waals surface area contributed by atoms with Crippen molar-refractivity contribution in [2.75, 3.05) is 5.32 Å². The van der Waals surface area contributed by atoms with Gasteiger partial charge in [0.15, 0.2) is 5.54 Å². The van der Waals surface area contributed by atoms with Crippen molar-refractivity contribution in [3.8, 4) is 0 Å². The number of carbonyl (C=O) groups is 2. The summed E-state index contributed by atoms with van der Waals surface area (Å²) in [7, 11) is 0. The quantitative estimate of drug-likeness (QED) is 0.539. The van der Waals surface area contributed by atoms with Crippen LogP contribution in [-0.2, 0) is 5.54 Å². The lowest BCUT2D eigenvalue weighted by molar-refractivity contribution is 0.0819. The second-order valence-corrected chi connectivity index (χ2v) is 6.86. The third kappa shape index (κ3) is 2.28. The van der Waals surface area contributed by atoms with Crippen molar-refractivity contribution in [1.29, 1.82) is 0 Å². The largest absolute Gasteiger partial charge is 0.362 e. The van der Waals surface area contributed by atoms with E-state index < -0.39 is 5.54 Å². The highest BCUT2D eigenvalue weighted by molar-refractivity contribution is 6.34. The van der Waals surface area contributed by atoms with Gasteiger partial charge >= 0.3 is 0 Å². The van der Waals surface area contributed by atoms with Gasteiger partial charge in [0.25, 0.3) is 0 Å². The number of hydrogen-bond donors (Lipinski definition) is 1. The minimum atomic E-state index is -1.48. The van der Waals surface area contributed by atoms with Crippen LogP contribution in [0.5, 0.6) is 0 Å². The summed E-state index contributed by atoms with van der Waals surface area (Å²) < 4.78 is 0. The van der Waals surface area contributed by atoms with Gasteiger partial charge < -0.3 is 5.32 Å². The summed E-state index contributed by atoms with van der Waals surface area (Å²) in [5.74, 6) is -0.471. The zero-order chi connectivity index (χ0) is 19.1. The van der Waals surface area contributed by atoms with Gasteiger partial charge in [-0.05, 0) is 23.8 Å². The molecule has 0 saturated carbocycles. The fraction of sp³-hybridized carbons (Fsp3) is 0.0417. The molecule has 134 valence electrons. The van der Waals surface area contributed by atoms with Gasteiger partial charge in [0.1, 0.15) is 0 Å². The molecule has 4 heteroatoms. The van der Waals surface area contributed by atoms with E-state index in [-0.39, 0.29) is 11.6 Å². The van der Waals surface area contributed by atoms with Gasteiger partial charge in [0.05, 0.1) is 5.52 Å². The lowest BCUT2D eigenvalue weighted by Gasteiger charge is -2.29. The molecule has 1 aliphatic rings. The van der Waals surface area contributed by atoms with Gasteiger partial charge in [-0.3, -0.25) is 14.6 Å². The number of nitrogens with zero attached hydrogens (tertiary/aromatic N) is 1. The number of Topliss-reactive ketones (excluding diaryl/α,β-unsaturated/α-hetero) is 2. The number of fused-ring (bicyclic) bond motifs is 2. The molecular weight excluding hydrogens is 348 g/mol. The van der Waals surface area contributed by atoms with E-state index in [9.17, 15) is 9.59 Å². The molecule has 0 amide bonds. The van der Waals surface area contributed by atoms with Gasteiger partial charge in [-0.2, -0.15) is 0 Å². The van der Waals surface area contributed by atoms with Crippen LogP contribution in [0.1, 0.15) is 26.3 Å². The number of nitrogens with one attached hydrogen (secondary N) is 1. The first-order chi connectivity index (χ1) is 13.7. The predicted octanol–water partition coefficient (Wildman–Crippen LogP) is 4.62. The van der Waals surface area contributed by atoms with Gasteiger partial charge in [-0.25, -0.2) is 0 Å². The summed E-state index contributed by atoms with van der Waals surface area (Å²) in [6, 6.07) is 25.7. The van der Waals surface area contributed by atoms with Crippen molar-refractivity contribution < 1.29 is 9.59 Å². The highest BCUT2D eigenvalue weighted by Crippen LogP contribution is 2.40. The maximum atomic E-state index is 13.5. The molecule has 0 bridgehead atoms. The van der Waals surface area contributed by atoms with E-state index in [4.69, 9.17) is 0 Å². The first-order valence-electron chi connectivity index (χ1n) is 9.07. The average molecular weight is 364 g/mol. The van der Waals surface area contributed by atoms with E-state index in [0.717, 1.165) is 10.9 Å². The van der Waals surface area contributed by atoms with E-state index in [1.54, 1.807) is 30.5 Å². The second kappa shape index (κ2) is 6.13. The lowest BCUT2D eigenvalue weighted by Crippen LogP contribution is -2.46. The molecule has 1 aliphatic carbocycles. The molecule has 4 aromatic rings. The summed E-state index contributed by atoms with van der Waals surface area (Å²) in [6.07, 6.45) is 1.72. The van der Waals surface area contributed by atoms with Crippen molar-refractivity contribution in [3.63, 3.8) is 0 Å². The molecule has 1 N–H and O–H groups in total. The summed E-state index contributed by atoms with van der Waals surface area (Å²) in [4.78, 5) is 31.4. The van der Waals surface area contributed by atoms with Crippen LogP contribution in [0.15, 0.2) is 91.1 Å². The molecule has 0 unspecified atom stereocenters. The number of ketones is 2. The lowest BCUT2D eigenvalue weighted by atomic mass is 9.84. The van der Waals surface area contributed by atoms with Crippen molar-refractivity contribution >= 4 is 28.2 Å². The van der Waals surface area contributed by atoms with Crippen LogP contribution in [0.2, 0.25) is 0 Å². The van der Waals surface area contributed by atoms with Crippen molar-refractivity contribution in [2.45, 2.75) is 5.54 Å². The Balaban J connectivity index is 1.70. The summed E-state index contributed by atoms with van der Waals surface area (Å²) >= 11 is 0. The molecule has 28 heavy (non-hydrogen) atoms. The van der Waals surface area contributed by atoms with Gasteiger partial charge in [-0.15, -0.1) is 0 Å². The molecule has 0 radical (unpaired) electrons. The van der Waals surface area contributed by atoms with E-state index in [0.29, 0.717) is 22.4 Å². The highest BCUT2D eigenvalue weighted by Gasteiger charge is 2.54. The number of pyridine rings is 1. The first kappa shape index (κ1) is 16.4. The van der Waals surface area contributed by atoms with Gasteiger partial charge in [0, 0.05) is 28.4 Å². The van der Waals surface area contributed by atoms with Crippen LogP contribution in [0.4, 0.5) is 5.69 Å².